The molecule has 2 saturated carbocycles. The predicted molar refractivity (Wildman–Crippen MR) is 69.8 cm³/mol. The molecule has 17 heavy (non-hydrogen) atoms. The molecule has 4 nitrogen and oxygen atoms in total. The minimum atomic E-state index is -0.109. The first-order valence-electron chi connectivity index (χ1n) is 6.98. The van der Waals surface area contributed by atoms with Gasteiger partial charge >= 0.3 is 0 Å². The molecule has 0 spiro atoms. The molecule has 0 heterocycles. The number of hydrogen-bond acceptors (Lipinski definition) is 2. The molecule has 0 amide bonds. The molecule has 0 saturated heterocycles. The van der Waals surface area contributed by atoms with Gasteiger partial charge in [-0.2, -0.15) is 0 Å². The number of aliphatic imine (C=N–C) groups is 1. The van der Waals surface area contributed by atoms with E-state index in [1.807, 2.05) is 0 Å². The first-order chi connectivity index (χ1) is 8.24. The van der Waals surface area contributed by atoms with Crippen LogP contribution in [0.1, 0.15) is 51.4 Å². The van der Waals surface area contributed by atoms with Crippen molar-refractivity contribution in [3.63, 3.8) is 0 Å². The Labute approximate surface area is 104 Å². The fourth-order valence-corrected chi connectivity index (χ4v) is 2.94. The van der Waals surface area contributed by atoms with Crippen LogP contribution in [0, 0.1) is 5.92 Å². The van der Waals surface area contributed by atoms with Crippen LogP contribution in [0.3, 0.4) is 0 Å². The Morgan fingerprint density at radius 1 is 1.18 bits per heavy atom. The van der Waals surface area contributed by atoms with Crippen molar-refractivity contribution in [3.05, 3.63) is 0 Å². The second kappa shape index (κ2) is 6.24. The zero-order chi connectivity index (χ0) is 12.1. The molecule has 4 N–H and O–H groups in total. The van der Waals surface area contributed by atoms with E-state index in [1.165, 1.54) is 32.1 Å². The van der Waals surface area contributed by atoms with E-state index in [2.05, 4.69) is 10.3 Å². The van der Waals surface area contributed by atoms with Crippen LogP contribution in [0.2, 0.25) is 0 Å². The molecular formula is C13H25N3O. The minimum absolute atomic E-state index is 0.109. The Kier molecular flexibility index (Phi) is 4.66. The molecule has 0 aromatic heterocycles. The van der Waals surface area contributed by atoms with E-state index in [0.29, 0.717) is 17.9 Å². The van der Waals surface area contributed by atoms with Gasteiger partial charge in [0.15, 0.2) is 5.96 Å². The minimum Gasteiger partial charge on any atom is -0.393 e. The van der Waals surface area contributed by atoms with Gasteiger partial charge in [-0.05, 0) is 38.0 Å². The zero-order valence-electron chi connectivity index (χ0n) is 10.6. The summed E-state index contributed by atoms with van der Waals surface area (Å²) in [6.45, 7) is 0.766. The maximum atomic E-state index is 9.43. The Hall–Kier alpha value is -0.770. The van der Waals surface area contributed by atoms with Gasteiger partial charge in [-0.15, -0.1) is 0 Å². The summed E-state index contributed by atoms with van der Waals surface area (Å²) in [4.78, 5) is 4.41. The molecule has 2 aliphatic rings. The summed E-state index contributed by atoms with van der Waals surface area (Å²) in [5.74, 6) is 1.12. The monoisotopic (exact) mass is 239 g/mol. The molecule has 2 fully saturated rings. The van der Waals surface area contributed by atoms with Crippen LogP contribution in [0.15, 0.2) is 4.99 Å². The van der Waals surface area contributed by atoms with E-state index in [-0.39, 0.29) is 6.10 Å². The van der Waals surface area contributed by atoms with Crippen molar-refractivity contribution in [1.29, 1.82) is 0 Å². The van der Waals surface area contributed by atoms with Gasteiger partial charge in [0, 0.05) is 12.6 Å². The Balaban J connectivity index is 1.69. The summed E-state index contributed by atoms with van der Waals surface area (Å²) in [6, 6.07) is 0.529. The van der Waals surface area contributed by atoms with Gasteiger partial charge in [0.1, 0.15) is 0 Å². The largest absolute Gasteiger partial charge is 0.393 e. The highest BCUT2D eigenvalue weighted by molar-refractivity contribution is 5.78. The summed E-state index contributed by atoms with van der Waals surface area (Å²) >= 11 is 0. The number of hydrogen-bond donors (Lipinski definition) is 3. The molecule has 0 aliphatic heterocycles. The number of rotatable bonds is 3. The number of nitrogens with one attached hydrogen (secondary N) is 1. The summed E-state index contributed by atoms with van der Waals surface area (Å²) in [7, 11) is 0. The second-order valence-corrected chi connectivity index (χ2v) is 5.54. The van der Waals surface area contributed by atoms with Crippen molar-refractivity contribution in [2.45, 2.75) is 63.5 Å². The van der Waals surface area contributed by atoms with Crippen LogP contribution in [0.5, 0.6) is 0 Å². The summed E-state index contributed by atoms with van der Waals surface area (Å²) in [5, 5.41) is 12.7. The third-order valence-corrected chi connectivity index (χ3v) is 3.99. The number of aliphatic hydroxyl groups is 1. The Morgan fingerprint density at radius 2 is 1.94 bits per heavy atom. The molecule has 2 unspecified atom stereocenters. The van der Waals surface area contributed by atoms with E-state index < -0.39 is 0 Å². The maximum absolute atomic E-state index is 9.43. The normalized spacial score (nSPS) is 31.7. The molecule has 0 aromatic rings. The van der Waals surface area contributed by atoms with E-state index in [4.69, 9.17) is 5.73 Å². The molecule has 0 bridgehead atoms. The summed E-state index contributed by atoms with van der Waals surface area (Å²) in [6.07, 6.45) is 9.20. The quantitative estimate of drug-likeness (QED) is 0.515. The highest BCUT2D eigenvalue weighted by Crippen LogP contribution is 2.25. The smallest absolute Gasteiger partial charge is 0.188 e. The molecule has 4 heteroatoms. The second-order valence-electron chi connectivity index (χ2n) is 5.54. The maximum Gasteiger partial charge on any atom is 0.188 e. The Morgan fingerprint density at radius 3 is 2.59 bits per heavy atom. The number of aliphatic hydroxyl groups excluding tert-OH is 1. The zero-order valence-corrected chi connectivity index (χ0v) is 10.6. The lowest BCUT2D eigenvalue weighted by Gasteiger charge is -2.23. The van der Waals surface area contributed by atoms with Crippen molar-refractivity contribution in [3.8, 4) is 0 Å². The lowest BCUT2D eigenvalue weighted by atomic mass is 9.96. The van der Waals surface area contributed by atoms with E-state index in [1.54, 1.807) is 0 Å². The van der Waals surface area contributed by atoms with Gasteiger partial charge in [-0.25, -0.2) is 0 Å². The van der Waals surface area contributed by atoms with Crippen LogP contribution >= 0.6 is 0 Å². The first-order valence-corrected chi connectivity index (χ1v) is 6.98. The average Bonchev–Trinajstić information content (AvgIpc) is 2.74. The molecule has 2 atom stereocenters. The Bertz CT molecular complexity index is 261. The van der Waals surface area contributed by atoms with Crippen molar-refractivity contribution < 1.29 is 5.11 Å². The van der Waals surface area contributed by atoms with Gasteiger partial charge in [0.25, 0.3) is 0 Å². The third-order valence-electron chi connectivity index (χ3n) is 3.99. The van der Waals surface area contributed by atoms with Crippen LogP contribution in [0.25, 0.3) is 0 Å². The van der Waals surface area contributed by atoms with Crippen LogP contribution < -0.4 is 11.1 Å². The number of nitrogens with two attached hydrogens (primary N) is 1. The van der Waals surface area contributed by atoms with Crippen molar-refractivity contribution >= 4 is 5.96 Å². The topological polar surface area (TPSA) is 70.6 Å². The highest BCUT2D eigenvalue weighted by atomic mass is 16.3. The van der Waals surface area contributed by atoms with E-state index in [0.717, 1.165) is 25.8 Å². The number of nitrogens with zero attached hydrogens (tertiary/aromatic N) is 1. The fourth-order valence-electron chi connectivity index (χ4n) is 2.94. The van der Waals surface area contributed by atoms with Crippen molar-refractivity contribution in [2.24, 2.45) is 16.6 Å². The molecular weight excluding hydrogens is 214 g/mol. The van der Waals surface area contributed by atoms with Gasteiger partial charge in [0.05, 0.1) is 6.10 Å². The average molecular weight is 239 g/mol. The van der Waals surface area contributed by atoms with Gasteiger partial charge in [-0.3, -0.25) is 4.99 Å². The lowest BCUT2D eigenvalue weighted by molar-refractivity contribution is 0.178. The van der Waals surface area contributed by atoms with E-state index >= 15 is 0 Å². The SMILES string of the molecule is NC(=NCC1CCC(O)C1)NC1CCCCC1. The molecule has 2 rings (SSSR count). The van der Waals surface area contributed by atoms with Crippen molar-refractivity contribution in [2.75, 3.05) is 6.54 Å². The molecule has 0 aromatic carbocycles. The van der Waals surface area contributed by atoms with Gasteiger partial charge in [-0.1, -0.05) is 19.3 Å². The summed E-state index contributed by atoms with van der Waals surface area (Å²) in [5.41, 5.74) is 5.89. The lowest BCUT2D eigenvalue weighted by Crippen LogP contribution is -2.41. The predicted octanol–water partition coefficient (Wildman–Crippen LogP) is 1.38. The van der Waals surface area contributed by atoms with Crippen LogP contribution in [0.4, 0.5) is 0 Å². The third kappa shape index (κ3) is 4.19. The number of guanidine groups is 1. The molecule has 98 valence electrons. The molecule has 0 radical (unpaired) electrons. The van der Waals surface area contributed by atoms with Gasteiger partial charge < -0.3 is 16.2 Å². The highest BCUT2D eigenvalue weighted by Gasteiger charge is 2.22. The van der Waals surface area contributed by atoms with Gasteiger partial charge in [0.2, 0.25) is 0 Å². The summed E-state index contributed by atoms with van der Waals surface area (Å²) < 4.78 is 0. The van der Waals surface area contributed by atoms with Crippen LogP contribution in [-0.4, -0.2) is 29.8 Å². The standard InChI is InChI=1S/C13H25N3O/c14-13(16-11-4-2-1-3-5-11)15-9-10-6-7-12(17)8-10/h10-12,17H,1-9H2,(H3,14,15,16). The molecule has 2 aliphatic carbocycles. The first kappa shape index (κ1) is 12.7. The van der Waals surface area contributed by atoms with E-state index in [9.17, 15) is 5.11 Å². The van der Waals surface area contributed by atoms with Crippen LogP contribution in [-0.2, 0) is 0 Å². The fraction of sp³-hybridized carbons (Fsp3) is 0.923. The van der Waals surface area contributed by atoms with Crippen molar-refractivity contribution in [1.82, 2.24) is 5.32 Å².